The highest BCUT2D eigenvalue weighted by atomic mass is 19.2. The first-order valence-electron chi connectivity index (χ1n) is 11.2. The number of carbonyl (C=O) groups excluding carboxylic acids is 1. The Labute approximate surface area is 204 Å². The number of rotatable bonds is 8. The highest BCUT2D eigenvalue weighted by molar-refractivity contribution is 5.75. The fraction of sp³-hybridized carbons (Fsp3) is 0.192. The summed E-state index contributed by atoms with van der Waals surface area (Å²) in [5, 5.41) is 7.00. The van der Waals surface area contributed by atoms with Crippen LogP contribution in [0.2, 0.25) is 0 Å². The number of aromatic nitrogens is 4. The fourth-order valence-electron chi connectivity index (χ4n) is 3.51. The number of hydrogen-bond donors (Lipinski definition) is 1. The van der Waals surface area contributed by atoms with Gasteiger partial charge < -0.3 is 5.32 Å². The van der Waals surface area contributed by atoms with E-state index in [-0.39, 0.29) is 23.7 Å². The normalized spacial score (nSPS) is 10.9. The summed E-state index contributed by atoms with van der Waals surface area (Å²) < 4.78 is 41.8. The third-order valence-corrected chi connectivity index (χ3v) is 5.34. The van der Waals surface area contributed by atoms with Crippen LogP contribution in [-0.4, -0.2) is 25.7 Å². The van der Waals surface area contributed by atoms with Crippen molar-refractivity contribution in [1.82, 2.24) is 25.1 Å². The molecule has 0 atom stereocenters. The molecule has 4 rings (SSSR count). The van der Waals surface area contributed by atoms with Crippen molar-refractivity contribution < 1.29 is 18.0 Å². The van der Waals surface area contributed by atoms with Crippen LogP contribution in [0.3, 0.4) is 0 Å². The molecule has 2 aromatic carbocycles. The maximum atomic E-state index is 13.7. The van der Waals surface area contributed by atoms with Gasteiger partial charge in [-0.2, -0.15) is 5.10 Å². The number of halogens is 3. The van der Waals surface area contributed by atoms with E-state index in [0.29, 0.717) is 24.4 Å². The topological polar surface area (TPSA) is 89.8 Å². The molecule has 0 bridgehead atoms. The van der Waals surface area contributed by atoms with E-state index < -0.39 is 23.0 Å². The number of nitrogens with one attached hydrogen (secondary N) is 1. The standard InChI is InChI=1S/C26H22F3N5O2/c1-2-4-23(35)30-12-17-13-31-26(32-14-17)18-6-3-5-16(9-18)15-34-24(36)8-7-22(33-34)19-10-20(27)25(29)21(28)11-19/h3,5-11,13-14H,2,4,12,15H2,1H3,(H,30,35). The van der Waals surface area contributed by atoms with Gasteiger partial charge in [0.05, 0.1) is 12.2 Å². The summed E-state index contributed by atoms with van der Waals surface area (Å²) in [6.07, 6.45) is 4.51. The zero-order valence-electron chi connectivity index (χ0n) is 19.3. The molecule has 0 aliphatic heterocycles. The van der Waals surface area contributed by atoms with Crippen molar-refractivity contribution in [3.63, 3.8) is 0 Å². The Morgan fingerprint density at radius 1 is 0.944 bits per heavy atom. The smallest absolute Gasteiger partial charge is 0.267 e. The number of carbonyl (C=O) groups is 1. The number of benzene rings is 2. The second-order valence-corrected chi connectivity index (χ2v) is 8.11. The van der Waals surface area contributed by atoms with Crippen LogP contribution >= 0.6 is 0 Å². The van der Waals surface area contributed by atoms with Crippen molar-refractivity contribution in [3.05, 3.63) is 99.9 Å². The predicted octanol–water partition coefficient (Wildman–Crippen LogP) is 4.25. The van der Waals surface area contributed by atoms with Crippen molar-refractivity contribution in [2.75, 3.05) is 0 Å². The molecule has 0 spiro atoms. The number of hydrogen-bond acceptors (Lipinski definition) is 5. The van der Waals surface area contributed by atoms with E-state index in [0.717, 1.165) is 34.4 Å². The Morgan fingerprint density at radius 3 is 2.36 bits per heavy atom. The fourth-order valence-corrected chi connectivity index (χ4v) is 3.51. The lowest BCUT2D eigenvalue weighted by atomic mass is 10.1. The molecular formula is C26H22F3N5O2. The maximum absolute atomic E-state index is 13.7. The molecule has 36 heavy (non-hydrogen) atoms. The summed E-state index contributed by atoms with van der Waals surface area (Å²) in [4.78, 5) is 32.7. The SMILES string of the molecule is CCCC(=O)NCc1cnc(-c2cccc(Cn3nc(-c4cc(F)c(F)c(F)c4)ccc3=O)c2)nc1. The third kappa shape index (κ3) is 5.83. The van der Waals surface area contributed by atoms with Crippen molar-refractivity contribution in [1.29, 1.82) is 0 Å². The molecule has 0 aliphatic rings. The minimum atomic E-state index is -1.57. The van der Waals surface area contributed by atoms with Crippen LogP contribution in [0.1, 0.15) is 30.9 Å². The molecule has 4 aromatic rings. The first kappa shape index (κ1) is 24.8. The van der Waals surface area contributed by atoms with E-state index >= 15 is 0 Å². The maximum Gasteiger partial charge on any atom is 0.267 e. The molecule has 0 aliphatic carbocycles. The molecule has 2 heterocycles. The van der Waals surface area contributed by atoms with Crippen LogP contribution in [-0.2, 0) is 17.9 Å². The first-order valence-corrected chi connectivity index (χ1v) is 11.2. The second kappa shape index (κ2) is 10.9. The van der Waals surface area contributed by atoms with Gasteiger partial charge >= 0.3 is 0 Å². The van der Waals surface area contributed by atoms with Gasteiger partial charge in [0.25, 0.3) is 5.56 Å². The third-order valence-electron chi connectivity index (χ3n) is 5.34. The van der Waals surface area contributed by atoms with Gasteiger partial charge in [0.1, 0.15) is 0 Å². The lowest BCUT2D eigenvalue weighted by Crippen LogP contribution is -2.23. The van der Waals surface area contributed by atoms with E-state index in [1.165, 1.54) is 12.1 Å². The van der Waals surface area contributed by atoms with Crippen LogP contribution in [0, 0.1) is 17.5 Å². The first-order chi connectivity index (χ1) is 17.3. The van der Waals surface area contributed by atoms with Crippen LogP contribution < -0.4 is 10.9 Å². The molecule has 0 fully saturated rings. The van der Waals surface area contributed by atoms with E-state index in [2.05, 4.69) is 20.4 Å². The van der Waals surface area contributed by atoms with E-state index in [1.807, 2.05) is 13.0 Å². The molecule has 1 amide bonds. The molecule has 7 nitrogen and oxygen atoms in total. The Bertz CT molecular complexity index is 1430. The molecule has 10 heteroatoms. The Balaban J connectivity index is 1.53. The summed E-state index contributed by atoms with van der Waals surface area (Å²) in [6, 6.07) is 11.4. The Hall–Kier alpha value is -4.34. The molecule has 1 N–H and O–H groups in total. The zero-order valence-corrected chi connectivity index (χ0v) is 19.3. The predicted molar refractivity (Wildman–Crippen MR) is 127 cm³/mol. The minimum absolute atomic E-state index is 0.00766. The van der Waals surface area contributed by atoms with Crippen molar-refractivity contribution in [2.45, 2.75) is 32.9 Å². The van der Waals surface area contributed by atoms with Gasteiger partial charge in [-0.3, -0.25) is 9.59 Å². The Kier molecular flexibility index (Phi) is 7.53. The average molecular weight is 493 g/mol. The largest absolute Gasteiger partial charge is 0.352 e. The average Bonchev–Trinajstić information content (AvgIpc) is 2.88. The molecule has 0 unspecified atom stereocenters. The van der Waals surface area contributed by atoms with E-state index in [4.69, 9.17) is 0 Å². The lowest BCUT2D eigenvalue weighted by Gasteiger charge is -2.09. The molecule has 0 radical (unpaired) electrons. The van der Waals surface area contributed by atoms with Gasteiger partial charge in [0.2, 0.25) is 5.91 Å². The summed E-state index contributed by atoms with van der Waals surface area (Å²) in [5.41, 5.74) is 1.90. The monoisotopic (exact) mass is 493 g/mol. The molecular weight excluding hydrogens is 471 g/mol. The van der Waals surface area contributed by atoms with Crippen LogP contribution in [0.25, 0.3) is 22.6 Å². The lowest BCUT2D eigenvalue weighted by molar-refractivity contribution is -0.121. The van der Waals surface area contributed by atoms with E-state index in [1.54, 1.807) is 30.6 Å². The highest BCUT2D eigenvalue weighted by Gasteiger charge is 2.13. The van der Waals surface area contributed by atoms with Crippen molar-refractivity contribution in [3.8, 4) is 22.6 Å². The van der Waals surface area contributed by atoms with Crippen LogP contribution in [0.15, 0.2) is 65.7 Å². The quantitative estimate of drug-likeness (QED) is 0.371. The van der Waals surface area contributed by atoms with Gasteiger partial charge in [-0.1, -0.05) is 25.1 Å². The Morgan fingerprint density at radius 2 is 1.67 bits per heavy atom. The number of nitrogens with zero attached hydrogens (tertiary/aromatic N) is 4. The van der Waals surface area contributed by atoms with Crippen LogP contribution in [0.5, 0.6) is 0 Å². The van der Waals surface area contributed by atoms with Gasteiger partial charge in [-0.05, 0) is 36.2 Å². The number of amides is 1. The zero-order chi connectivity index (χ0) is 25.7. The van der Waals surface area contributed by atoms with Gasteiger partial charge in [0, 0.05) is 48.1 Å². The molecule has 184 valence electrons. The minimum Gasteiger partial charge on any atom is -0.352 e. The van der Waals surface area contributed by atoms with E-state index in [9.17, 15) is 22.8 Å². The summed E-state index contributed by atoms with van der Waals surface area (Å²) in [7, 11) is 0. The van der Waals surface area contributed by atoms with Crippen molar-refractivity contribution >= 4 is 5.91 Å². The van der Waals surface area contributed by atoms with Gasteiger partial charge in [-0.25, -0.2) is 27.8 Å². The molecule has 0 saturated carbocycles. The summed E-state index contributed by atoms with van der Waals surface area (Å²) in [5.74, 6) is -3.82. The summed E-state index contributed by atoms with van der Waals surface area (Å²) >= 11 is 0. The molecule has 2 aromatic heterocycles. The van der Waals surface area contributed by atoms with Gasteiger partial charge in [-0.15, -0.1) is 0 Å². The summed E-state index contributed by atoms with van der Waals surface area (Å²) in [6.45, 7) is 2.35. The molecule has 0 saturated heterocycles. The van der Waals surface area contributed by atoms with Crippen molar-refractivity contribution in [2.24, 2.45) is 0 Å². The van der Waals surface area contributed by atoms with Crippen LogP contribution in [0.4, 0.5) is 13.2 Å². The van der Waals surface area contributed by atoms with Gasteiger partial charge in [0.15, 0.2) is 23.3 Å². The second-order valence-electron chi connectivity index (χ2n) is 8.11. The highest BCUT2D eigenvalue weighted by Crippen LogP contribution is 2.22.